The molecular formula is C17H15F3N4O3. The van der Waals surface area contributed by atoms with Gasteiger partial charge in [0, 0.05) is 37.9 Å². The van der Waals surface area contributed by atoms with Crippen molar-refractivity contribution < 1.29 is 27.4 Å². The average molecular weight is 380 g/mol. The summed E-state index contributed by atoms with van der Waals surface area (Å²) < 4.78 is 48.9. The molecule has 0 spiro atoms. The molecule has 4 rings (SSSR count). The van der Waals surface area contributed by atoms with E-state index in [-0.39, 0.29) is 18.6 Å². The highest BCUT2D eigenvalue weighted by atomic mass is 19.4. The summed E-state index contributed by atoms with van der Waals surface area (Å²) >= 11 is 0. The monoisotopic (exact) mass is 380 g/mol. The van der Waals surface area contributed by atoms with Gasteiger partial charge >= 0.3 is 6.18 Å². The van der Waals surface area contributed by atoms with Crippen LogP contribution in [0, 0.1) is 0 Å². The Kier molecular flexibility index (Phi) is 4.25. The quantitative estimate of drug-likeness (QED) is 0.796. The molecule has 0 N–H and O–H groups in total. The predicted molar refractivity (Wildman–Crippen MR) is 87.7 cm³/mol. The van der Waals surface area contributed by atoms with Gasteiger partial charge in [-0.2, -0.15) is 13.2 Å². The Morgan fingerprint density at radius 1 is 1.04 bits per heavy atom. The third-order valence-electron chi connectivity index (χ3n) is 4.40. The zero-order chi connectivity index (χ0) is 19.0. The molecule has 142 valence electrons. The Hall–Kier alpha value is -3.04. The minimum absolute atomic E-state index is 0.0139. The molecule has 1 amide bonds. The van der Waals surface area contributed by atoms with E-state index in [1.54, 1.807) is 28.0 Å². The molecule has 0 atom stereocenters. The van der Waals surface area contributed by atoms with E-state index >= 15 is 0 Å². The van der Waals surface area contributed by atoms with E-state index in [1.165, 1.54) is 0 Å². The van der Waals surface area contributed by atoms with Gasteiger partial charge in [0.05, 0.1) is 0 Å². The number of hydrogen-bond donors (Lipinski definition) is 0. The highest BCUT2D eigenvalue weighted by Gasteiger charge is 2.33. The molecule has 2 aromatic rings. The molecule has 0 saturated carbocycles. The second kappa shape index (κ2) is 6.60. The molecule has 0 unspecified atom stereocenters. The van der Waals surface area contributed by atoms with Crippen molar-refractivity contribution in [3.63, 3.8) is 0 Å². The molecule has 1 fully saturated rings. The Morgan fingerprint density at radius 2 is 1.78 bits per heavy atom. The van der Waals surface area contributed by atoms with Crippen molar-refractivity contribution in [2.75, 3.05) is 37.9 Å². The smallest absolute Gasteiger partial charge is 0.433 e. The first kappa shape index (κ1) is 17.4. The van der Waals surface area contributed by atoms with Gasteiger partial charge in [0.25, 0.3) is 5.91 Å². The average Bonchev–Trinajstić information content (AvgIpc) is 3.15. The molecule has 0 aliphatic carbocycles. The van der Waals surface area contributed by atoms with Crippen LogP contribution in [-0.2, 0) is 6.18 Å². The lowest BCUT2D eigenvalue weighted by Gasteiger charge is -2.34. The Morgan fingerprint density at radius 3 is 2.52 bits per heavy atom. The van der Waals surface area contributed by atoms with Crippen molar-refractivity contribution in [1.29, 1.82) is 0 Å². The van der Waals surface area contributed by atoms with Crippen molar-refractivity contribution in [2.45, 2.75) is 6.18 Å². The van der Waals surface area contributed by atoms with Crippen LogP contribution in [0.25, 0.3) is 0 Å². The van der Waals surface area contributed by atoms with Gasteiger partial charge in [0.2, 0.25) is 12.7 Å². The number of aromatic nitrogens is 2. The Balaban J connectivity index is 1.42. The SMILES string of the molecule is O=C(c1ccc2c(c1)OCO2)N1CCN(c2nccc(C(F)(F)F)n2)CC1. The topological polar surface area (TPSA) is 67.8 Å². The summed E-state index contributed by atoms with van der Waals surface area (Å²) in [7, 11) is 0. The van der Waals surface area contributed by atoms with Gasteiger partial charge < -0.3 is 19.3 Å². The fraction of sp³-hybridized carbons (Fsp3) is 0.353. The van der Waals surface area contributed by atoms with E-state index in [9.17, 15) is 18.0 Å². The van der Waals surface area contributed by atoms with Gasteiger partial charge in [-0.25, -0.2) is 9.97 Å². The number of alkyl halides is 3. The summed E-state index contributed by atoms with van der Waals surface area (Å²) in [4.78, 5) is 23.5. The number of fused-ring (bicyclic) bond motifs is 1. The number of nitrogens with zero attached hydrogens (tertiary/aromatic N) is 4. The minimum atomic E-state index is -4.52. The zero-order valence-corrected chi connectivity index (χ0v) is 14.1. The van der Waals surface area contributed by atoms with Crippen LogP contribution in [0.4, 0.5) is 19.1 Å². The van der Waals surface area contributed by atoms with Crippen molar-refractivity contribution in [3.8, 4) is 11.5 Å². The molecule has 2 aliphatic rings. The molecular weight excluding hydrogens is 365 g/mol. The fourth-order valence-electron chi connectivity index (χ4n) is 2.98. The zero-order valence-electron chi connectivity index (χ0n) is 14.1. The van der Waals surface area contributed by atoms with Crippen LogP contribution in [0.5, 0.6) is 11.5 Å². The summed E-state index contributed by atoms with van der Waals surface area (Å²) in [6.45, 7) is 1.53. The van der Waals surface area contributed by atoms with E-state index in [0.717, 1.165) is 12.3 Å². The molecule has 2 aliphatic heterocycles. The van der Waals surface area contributed by atoms with Gasteiger partial charge in [0.15, 0.2) is 11.5 Å². The van der Waals surface area contributed by atoms with Crippen LogP contribution in [0.1, 0.15) is 16.1 Å². The van der Waals surface area contributed by atoms with E-state index in [2.05, 4.69) is 9.97 Å². The summed E-state index contributed by atoms with van der Waals surface area (Å²) in [6, 6.07) is 5.82. The van der Waals surface area contributed by atoms with E-state index in [0.29, 0.717) is 43.2 Å². The normalized spacial score (nSPS) is 16.6. The molecule has 10 heteroatoms. The Bertz CT molecular complexity index is 867. The minimum Gasteiger partial charge on any atom is -0.454 e. The molecule has 1 saturated heterocycles. The lowest BCUT2D eigenvalue weighted by molar-refractivity contribution is -0.141. The fourth-order valence-corrected chi connectivity index (χ4v) is 2.98. The van der Waals surface area contributed by atoms with E-state index in [1.807, 2.05) is 0 Å². The van der Waals surface area contributed by atoms with Gasteiger partial charge in [-0.15, -0.1) is 0 Å². The molecule has 0 radical (unpaired) electrons. The third-order valence-corrected chi connectivity index (χ3v) is 4.40. The van der Waals surface area contributed by atoms with Gasteiger partial charge in [-0.1, -0.05) is 0 Å². The number of piperazine rings is 1. The van der Waals surface area contributed by atoms with Crippen LogP contribution in [-0.4, -0.2) is 53.7 Å². The van der Waals surface area contributed by atoms with Crippen LogP contribution in [0.2, 0.25) is 0 Å². The largest absolute Gasteiger partial charge is 0.454 e. The third kappa shape index (κ3) is 3.46. The molecule has 27 heavy (non-hydrogen) atoms. The maximum Gasteiger partial charge on any atom is 0.433 e. The maximum absolute atomic E-state index is 12.8. The van der Waals surface area contributed by atoms with E-state index < -0.39 is 11.9 Å². The number of amides is 1. The number of rotatable bonds is 2. The molecule has 3 heterocycles. The van der Waals surface area contributed by atoms with Crippen molar-refractivity contribution in [3.05, 3.63) is 41.7 Å². The first-order valence-corrected chi connectivity index (χ1v) is 8.26. The van der Waals surface area contributed by atoms with Crippen LogP contribution < -0.4 is 14.4 Å². The van der Waals surface area contributed by atoms with Gasteiger partial charge in [-0.05, 0) is 24.3 Å². The van der Waals surface area contributed by atoms with Crippen molar-refractivity contribution in [2.24, 2.45) is 0 Å². The first-order valence-electron chi connectivity index (χ1n) is 8.26. The lowest BCUT2D eigenvalue weighted by Crippen LogP contribution is -2.49. The molecule has 1 aromatic carbocycles. The highest BCUT2D eigenvalue weighted by molar-refractivity contribution is 5.95. The predicted octanol–water partition coefficient (Wildman–Crippen LogP) is 2.19. The second-order valence-electron chi connectivity index (χ2n) is 6.09. The van der Waals surface area contributed by atoms with Crippen molar-refractivity contribution in [1.82, 2.24) is 14.9 Å². The molecule has 1 aromatic heterocycles. The number of hydrogen-bond acceptors (Lipinski definition) is 6. The van der Waals surface area contributed by atoms with Crippen molar-refractivity contribution >= 4 is 11.9 Å². The Labute approximate surface area is 152 Å². The number of halogens is 3. The standard InChI is InChI=1S/C17H15F3N4O3/c18-17(19,20)14-3-4-21-16(22-14)24-7-5-23(6-8-24)15(25)11-1-2-12-13(9-11)27-10-26-12/h1-4,9H,5-8,10H2. The molecule has 7 nitrogen and oxygen atoms in total. The number of ether oxygens (including phenoxy) is 2. The summed E-state index contributed by atoms with van der Waals surface area (Å²) in [5.41, 5.74) is -0.505. The second-order valence-corrected chi connectivity index (χ2v) is 6.09. The van der Waals surface area contributed by atoms with Gasteiger partial charge in [-0.3, -0.25) is 4.79 Å². The summed E-state index contributed by atoms with van der Waals surface area (Å²) in [5, 5.41) is 0. The number of carbonyl (C=O) groups excluding carboxylic acids is 1. The number of anilines is 1. The number of benzene rings is 1. The summed E-state index contributed by atoms with van der Waals surface area (Å²) in [5.74, 6) is 0.966. The van der Waals surface area contributed by atoms with Crippen LogP contribution in [0.3, 0.4) is 0 Å². The lowest BCUT2D eigenvalue weighted by atomic mass is 10.1. The maximum atomic E-state index is 12.8. The van der Waals surface area contributed by atoms with Crippen LogP contribution >= 0.6 is 0 Å². The molecule has 0 bridgehead atoms. The number of carbonyl (C=O) groups is 1. The highest BCUT2D eigenvalue weighted by Crippen LogP contribution is 2.33. The first-order chi connectivity index (χ1) is 12.9. The van der Waals surface area contributed by atoms with Gasteiger partial charge in [0.1, 0.15) is 5.69 Å². The van der Waals surface area contributed by atoms with E-state index in [4.69, 9.17) is 9.47 Å². The summed E-state index contributed by atoms with van der Waals surface area (Å²) in [6.07, 6.45) is -3.43. The van der Waals surface area contributed by atoms with Crippen LogP contribution in [0.15, 0.2) is 30.5 Å².